The first-order valence-electron chi connectivity index (χ1n) is 8.43. The van der Waals surface area contributed by atoms with Gasteiger partial charge in [0, 0.05) is 5.02 Å². The van der Waals surface area contributed by atoms with Crippen molar-refractivity contribution < 1.29 is 14.3 Å². The summed E-state index contributed by atoms with van der Waals surface area (Å²) in [5.41, 5.74) is 0. The van der Waals surface area contributed by atoms with Crippen LogP contribution in [0.15, 0.2) is 66.7 Å². The number of fused-ring (bicyclic) bond motifs is 1. The van der Waals surface area contributed by atoms with Crippen molar-refractivity contribution in [2.75, 3.05) is 13.2 Å². The van der Waals surface area contributed by atoms with Crippen molar-refractivity contribution >= 4 is 28.3 Å². The highest BCUT2D eigenvalue weighted by molar-refractivity contribution is 6.30. The van der Waals surface area contributed by atoms with Gasteiger partial charge in [-0.25, -0.2) is 0 Å². The molecule has 0 radical (unpaired) electrons. The zero-order chi connectivity index (χ0) is 18.4. The molecule has 3 aromatic carbocycles. The third kappa shape index (κ3) is 4.90. The van der Waals surface area contributed by atoms with E-state index >= 15 is 0 Å². The van der Waals surface area contributed by atoms with Gasteiger partial charge < -0.3 is 14.8 Å². The van der Waals surface area contributed by atoms with E-state index in [1.54, 1.807) is 31.2 Å². The van der Waals surface area contributed by atoms with Gasteiger partial charge in [0.2, 0.25) is 0 Å². The van der Waals surface area contributed by atoms with E-state index in [1.165, 1.54) is 5.39 Å². The standard InChI is InChI=1S/C21H20ClNO3/c1-15(26-20-8-4-7-18(22)14-20)21(24)23-11-12-25-19-10-9-16-5-2-3-6-17(16)13-19/h2-10,13-15H,11-12H2,1H3,(H,23,24). The van der Waals surface area contributed by atoms with Crippen LogP contribution in [0.25, 0.3) is 10.8 Å². The first-order chi connectivity index (χ1) is 12.6. The number of hydrogen-bond acceptors (Lipinski definition) is 3. The summed E-state index contributed by atoms with van der Waals surface area (Å²) in [4.78, 5) is 12.1. The van der Waals surface area contributed by atoms with Crippen LogP contribution in [0.2, 0.25) is 5.02 Å². The highest BCUT2D eigenvalue weighted by Crippen LogP contribution is 2.20. The van der Waals surface area contributed by atoms with Crippen LogP contribution < -0.4 is 14.8 Å². The highest BCUT2D eigenvalue weighted by atomic mass is 35.5. The molecule has 0 bridgehead atoms. The number of benzene rings is 3. The van der Waals surface area contributed by atoms with E-state index in [4.69, 9.17) is 21.1 Å². The van der Waals surface area contributed by atoms with Gasteiger partial charge in [0.05, 0.1) is 6.54 Å². The summed E-state index contributed by atoms with van der Waals surface area (Å²) in [6.07, 6.45) is -0.617. The van der Waals surface area contributed by atoms with Crippen molar-refractivity contribution in [1.82, 2.24) is 5.32 Å². The van der Waals surface area contributed by atoms with E-state index in [0.717, 1.165) is 11.1 Å². The third-order valence-corrected chi connectivity index (χ3v) is 4.10. The molecule has 0 aliphatic rings. The molecule has 3 rings (SSSR count). The summed E-state index contributed by atoms with van der Waals surface area (Å²) >= 11 is 5.91. The van der Waals surface area contributed by atoms with Crippen LogP contribution >= 0.6 is 11.6 Å². The zero-order valence-electron chi connectivity index (χ0n) is 14.4. The van der Waals surface area contributed by atoms with Gasteiger partial charge in [-0.2, -0.15) is 0 Å². The number of halogens is 1. The SMILES string of the molecule is CC(Oc1cccc(Cl)c1)C(=O)NCCOc1ccc2ccccc2c1. The summed E-state index contributed by atoms with van der Waals surface area (Å²) in [5.74, 6) is 1.14. The normalized spacial score (nSPS) is 11.8. The summed E-state index contributed by atoms with van der Waals surface area (Å²) in [6.45, 7) is 2.48. The van der Waals surface area contributed by atoms with Crippen molar-refractivity contribution in [3.8, 4) is 11.5 Å². The minimum absolute atomic E-state index is 0.202. The fourth-order valence-corrected chi connectivity index (χ4v) is 2.72. The molecular formula is C21H20ClNO3. The number of carbonyl (C=O) groups excluding carboxylic acids is 1. The molecule has 3 aromatic rings. The first-order valence-corrected chi connectivity index (χ1v) is 8.81. The molecule has 0 saturated carbocycles. The largest absolute Gasteiger partial charge is 0.492 e. The van der Waals surface area contributed by atoms with Crippen LogP contribution in [0.3, 0.4) is 0 Å². The summed E-state index contributed by atoms with van der Waals surface area (Å²) in [6, 6.07) is 21.0. The van der Waals surface area contributed by atoms with Crippen molar-refractivity contribution in [3.05, 3.63) is 71.8 Å². The Morgan fingerprint density at radius 2 is 1.81 bits per heavy atom. The molecule has 0 aliphatic carbocycles. The molecule has 134 valence electrons. The Hall–Kier alpha value is -2.72. The van der Waals surface area contributed by atoms with Crippen molar-refractivity contribution in [2.45, 2.75) is 13.0 Å². The Balaban J connectivity index is 1.44. The highest BCUT2D eigenvalue weighted by Gasteiger charge is 2.14. The minimum Gasteiger partial charge on any atom is -0.492 e. The molecule has 0 heterocycles. The first kappa shape index (κ1) is 18.1. The Labute approximate surface area is 157 Å². The van der Waals surface area contributed by atoms with Gasteiger partial charge >= 0.3 is 0 Å². The van der Waals surface area contributed by atoms with Gasteiger partial charge in [-0.3, -0.25) is 4.79 Å². The predicted molar refractivity (Wildman–Crippen MR) is 104 cm³/mol. The van der Waals surface area contributed by atoms with Gasteiger partial charge in [-0.1, -0.05) is 48.0 Å². The maximum atomic E-state index is 12.1. The zero-order valence-corrected chi connectivity index (χ0v) is 15.2. The van der Waals surface area contributed by atoms with E-state index in [9.17, 15) is 4.79 Å². The van der Waals surface area contributed by atoms with Gasteiger partial charge in [0.25, 0.3) is 5.91 Å². The fraction of sp³-hybridized carbons (Fsp3) is 0.190. The average Bonchev–Trinajstić information content (AvgIpc) is 2.65. The van der Waals surface area contributed by atoms with Gasteiger partial charge in [0.15, 0.2) is 6.10 Å². The molecule has 0 aliphatic heterocycles. The van der Waals surface area contributed by atoms with Crippen LogP contribution in [0.4, 0.5) is 0 Å². The van der Waals surface area contributed by atoms with Crippen molar-refractivity contribution in [3.63, 3.8) is 0 Å². The quantitative estimate of drug-likeness (QED) is 0.626. The molecule has 0 spiro atoms. The lowest BCUT2D eigenvalue weighted by Crippen LogP contribution is -2.38. The Bertz CT molecular complexity index is 897. The Kier molecular flexibility index (Phi) is 5.97. The summed E-state index contributed by atoms with van der Waals surface area (Å²) < 4.78 is 11.3. The predicted octanol–water partition coefficient (Wildman–Crippen LogP) is 4.46. The number of hydrogen-bond donors (Lipinski definition) is 1. The second kappa shape index (κ2) is 8.59. The lowest BCUT2D eigenvalue weighted by atomic mass is 10.1. The molecule has 0 aromatic heterocycles. The van der Waals surface area contributed by atoms with Crippen LogP contribution in [0, 0.1) is 0 Å². The van der Waals surface area contributed by atoms with E-state index in [2.05, 4.69) is 11.4 Å². The summed E-state index contributed by atoms with van der Waals surface area (Å²) in [7, 11) is 0. The minimum atomic E-state index is -0.617. The topological polar surface area (TPSA) is 47.6 Å². The maximum absolute atomic E-state index is 12.1. The maximum Gasteiger partial charge on any atom is 0.260 e. The Morgan fingerprint density at radius 1 is 1.00 bits per heavy atom. The lowest BCUT2D eigenvalue weighted by Gasteiger charge is -2.15. The van der Waals surface area contributed by atoms with E-state index in [-0.39, 0.29) is 5.91 Å². The lowest BCUT2D eigenvalue weighted by molar-refractivity contribution is -0.127. The number of nitrogens with one attached hydrogen (secondary N) is 1. The van der Waals surface area contributed by atoms with E-state index in [1.807, 2.05) is 36.4 Å². The number of ether oxygens (including phenoxy) is 2. The van der Waals surface area contributed by atoms with Crippen LogP contribution in [0.1, 0.15) is 6.92 Å². The summed E-state index contributed by atoms with van der Waals surface area (Å²) in [5, 5.41) is 5.66. The number of rotatable bonds is 7. The molecule has 4 nitrogen and oxygen atoms in total. The van der Waals surface area contributed by atoms with Gasteiger partial charge in [0.1, 0.15) is 18.1 Å². The number of carbonyl (C=O) groups is 1. The molecular weight excluding hydrogens is 350 g/mol. The third-order valence-electron chi connectivity index (χ3n) is 3.87. The molecule has 26 heavy (non-hydrogen) atoms. The molecule has 0 fully saturated rings. The van der Waals surface area contributed by atoms with Crippen LogP contribution in [0.5, 0.6) is 11.5 Å². The molecule has 0 saturated heterocycles. The monoisotopic (exact) mass is 369 g/mol. The van der Waals surface area contributed by atoms with Crippen LogP contribution in [-0.4, -0.2) is 25.2 Å². The molecule has 1 N–H and O–H groups in total. The molecule has 1 atom stereocenters. The Morgan fingerprint density at radius 3 is 2.62 bits per heavy atom. The molecule has 1 amide bonds. The smallest absolute Gasteiger partial charge is 0.260 e. The van der Waals surface area contributed by atoms with Crippen LogP contribution in [-0.2, 0) is 4.79 Å². The van der Waals surface area contributed by atoms with Gasteiger partial charge in [-0.05, 0) is 48.0 Å². The second-order valence-corrected chi connectivity index (χ2v) is 6.30. The van der Waals surface area contributed by atoms with Gasteiger partial charge in [-0.15, -0.1) is 0 Å². The number of amides is 1. The van der Waals surface area contributed by atoms with Crippen molar-refractivity contribution in [2.24, 2.45) is 0 Å². The van der Waals surface area contributed by atoms with Crippen molar-refractivity contribution in [1.29, 1.82) is 0 Å². The van der Waals surface area contributed by atoms with E-state index < -0.39 is 6.10 Å². The fourth-order valence-electron chi connectivity index (χ4n) is 2.54. The molecule has 5 heteroatoms. The second-order valence-electron chi connectivity index (χ2n) is 5.87. The van der Waals surface area contributed by atoms with E-state index in [0.29, 0.717) is 23.9 Å². The average molecular weight is 370 g/mol. The molecule has 1 unspecified atom stereocenters.